The highest BCUT2D eigenvalue weighted by Crippen LogP contribution is 2.51. The van der Waals surface area contributed by atoms with Gasteiger partial charge in [0, 0.05) is 31.4 Å². The first kappa shape index (κ1) is 19.4. The Bertz CT molecular complexity index is 613. The summed E-state index contributed by atoms with van der Waals surface area (Å²) in [5.41, 5.74) is -0.107. The number of ether oxygens (including phenoxy) is 4. The molecule has 6 nitrogen and oxygen atoms in total. The Hall–Kier alpha value is -1.40. The van der Waals surface area contributed by atoms with Crippen molar-refractivity contribution in [2.75, 3.05) is 7.11 Å². The van der Waals surface area contributed by atoms with Gasteiger partial charge in [-0.1, -0.05) is 27.4 Å². The van der Waals surface area contributed by atoms with Crippen molar-refractivity contribution in [1.29, 1.82) is 0 Å². The monoisotopic (exact) mass is 366 g/mol. The van der Waals surface area contributed by atoms with Crippen LogP contribution in [0.15, 0.2) is 12.2 Å². The highest BCUT2D eigenvalue weighted by atomic mass is 16.7. The molecular formula is C20H30O6. The molecule has 0 spiro atoms. The Morgan fingerprint density at radius 1 is 1.35 bits per heavy atom. The van der Waals surface area contributed by atoms with Crippen LogP contribution in [0, 0.1) is 17.8 Å². The summed E-state index contributed by atoms with van der Waals surface area (Å²) in [5, 5.41) is 0. The van der Waals surface area contributed by atoms with E-state index in [1.807, 2.05) is 6.92 Å². The first-order valence-corrected chi connectivity index (χ1v) is 9.46. The van der Waals surface area contributed by atoms with E-state index in [0.717, 1.165) is 12.8 Å². The summed E-state index contributed by atoms with van der Waals surface area (Å²) in [6.45, 7) is 11.6. The summed E-state index contributed by atoms with van der Waals surface area (Å²) >= 11 is 0. The van der Waals surface area contributed by atoms with Crippen molar-refractivity contribution in [3.05, 3.63) is 12.2 Å². The molecule has 0 N–H and O–H groups in total. The maximum absolute atomic E-state index is 12.3. The lowest BCUT2D eigenvalue weighted by atomic mass is 9.78. The number of carbonyl (C=O) groups excluding carboxylic acids is 2. The fourth-order valence-electron chi connectivity index (χ4n) is 4.58. The molecule has 6 atom stereocenters. The Morgan fingerprint density at radius 2 is 2.04 bits per heavy atom. The Labute approximate surface area is 155 Å². The minimum absolute atomic E-state index is 0.0278. The summed E-state index contributed by atoms with van der Waals surface area (Å²) in [6, 6.07) is 0. The zero-order chi connectivity index (χ0) is 19.3. The molecule has 0 saturated carbocycles. The summed E-state index contributed by atoms with van der Waals surface area (Å²) in [7, 11) is 1.66. The number of carbonyl (C=O) groups is 2. The third kappa shape index (κ3) is 3.18. The summed E-state index contributed by atoms with van der Waals surface area (Å²) < 4.78 is 23.7. The largest absolute Gasteiger partial charge is 0.461 e. The molecule has 3 aliphatic rings. The lowest BCUT2D eigenvalue weighted by Crippen LogP contribution is -2.42. The van der Waals surface area contributed by atoms with Crippen LogP contribution in [0.2, 0.25) is 0 Å². The van der Waals surface area contributed by atoms with Crippen LogP contribution in [-0.4, -0.2) is 42.6 Å². The smallest absolute Gasteiger partial charge is 0.334 e. The minimum Gasteiger partial charge on any atom is -0.461 e. The van der Waals surface area contributed by atoms with E-state index in [2.05, 4.69) is 13.5 Å². The van der Waals surface area contributed by atoms with Crippen molar-refractivity contribution in [1.82, 2.24) is 0 Å². The van der Waals surface area contributed by atoms with Crippen molar-refractivity contribution in [2.24, 2.45) is 17.8 Å². The second-order valence-corrected chi connectivity index (χ2v) is 8.53. The van der Waals surface area contributed by atoms with Gasteiger partial charge in [-0.25, -0.2) is 4.79 Å². The van der Waals surface area contributed by atoms with Crippen molar-refractivity contribution in [2.45, 2.75) is 77.0 Å². The maximum Gasteiger partial charge on any atom is 0.334 e. The van der Waals surface area contributed by atoms with Gasteiger partial charge in [-0.2, -0.15) is 0 Å². The van der Waals surface area contributed by atoms with Gasteiger partial charge in [-0.3, -0.25) is 4.79 Å². The SMILES string of the molecule is C=C1C(=O)OC2CC(C)[C@]3(OC)CCC(C)(CC(OC(=O)C(C)C)C12)O3. The fourth-order valence-corrected chi connectivity index (χ4v) is 4.58. The predicted molar refractivity (Wildman–Crippen MR) is 94.1 cm³/mol. The highest BCUT2D eigenvalue weighted by Gasteiger charge is 2.57. The molecule has 0 radical (unpaired) electrons. The first-order chi connectivity index (χ1) is 12.1. The molecule has 3 rings (SSSR count). The molecule has 0 aliphatic carbocycles. The van der Waals surface area contributed by atoms with Gasteiger partial charge < -0.3 is 18.9 Å². The van der Waals surface area contributed by atoms with Crippen molar-refractivity contribution >= 4 is 11.9 Å². The van der Waals surface area contributed by atoms with Gasteiger partial charge in [-0.05, 0) is 19.8 Å². The van der Waals surface area contributed by atoms with E-state index in [0.29, 0.717) is 18.4 Å². The van der Waals surface area contributed by atoms with E-state index in [1.165, 1.54) is 0 Å². The van der Waals surface area contributed by atoms with Gasteiger partial charge in [-0.15, -0.1) is 0 Å². The molecule has 3 aliphatic heterocycles. The van der Waals surface area contributed by atoms with Crippen molar-refractivity contribution < 1.29 is 28.5 Å². The molecule has 0 aromatic rings. The van der Waals surface area contributed by atoms with Gasteiger partial charge >= 0.3 is 11.9 Å². The molecule has 2 bridgehead atoms. The van der Waals surface area contributed by atoms with E-state index in [9.17, 15) is 9.59 Å². The normalized spacial score (nSPS) is 42.7. The van der Waals surface area contributed by atoms with Crippen molar-refractivity contribution in [3.8, 4) is 0 Å². The van der Waals surface area contributed by atoms with E-state index >= 15 is 0 Å². The van der Waals surface area contributed by atoms with Crippen molar-refractivity contribution in [3.63, 3.8) is 0 Å². The van der Waals surface area contributed by atoms with E-state index < -0.39 is 23.5 Å². The predicted octanol–water partition coefficient (Wildman–Crippen LogP) is 2.99. The van der Waals surface area contributed by atoms with Gasteiger partial charge in [0.25, 0.3) is 0 Å². The molecule has 3 saturated heterocycles. The Balaban J connectivity index is 1.99. The van der Waals surface area contributed by atoms with E-state index in [4.69, 9.17) is 18.9 Å². The molecule has 0 aromatic heterocycles. The molecule has 26 heavy (non-hydrogen) atoms. The third-order valence-electron chi connectivity index (χ3n) is 6.20. The van der Waals surface area contributed by atoms with Gasteiger partial charge in [0.05, 0.1) is 17.4 Å². The van der Waals surface area contributed by atoms with Crippen LogP contribution in [0.4, 0.5) is 0 Å². The summed E-state index contributed by atoms with van der Waals surface area (Å²) in [6.07, 6.45) is 1.75. The maximum atomic E-state index is 12.3. The topological polar surface area (TPSA) is 71.1 Å². The van der Waals surface area contributed by atoms with Gasteiger partial charge in [0.15, 0.2) is 5.79 Å². The molecule has 0 aromatic carbocycles. The van der Waals surface area contributed by atoms with E-state index in [-0.39, 0.29) is 29.8 Å². The molecular weight excluding hydrogens is 336 g/mol. The van der Waals surface area contributed by atoms with Crippen LogP contribution in [0.3, 0.4) is 0 Å². The minimum atomic E-state index is -0.702. The highest BCUT2D eigenvalue weighted by molar-refractivity contribution is 5.91. The molecule has 0 amide bonds. The number of fused-ring (bicyclic) bond motifs is 3. The number of hydrogen-bond acceptors (Lipinski definition) is 6. The summed E-state index contributed by atoms with van der Waals surface area (Å²) in [4.78, 5) is 24.5. The fraction of sp³-hybridized carbons (Fsp3) is 0.800. The molecule has 3 heterocycles. The Morgan fingerprint density at radius 3 is 2.65 bits per heavy atom. The molecule has 3 fully saturated rings. The molecule has 146 valence electrons. The second kappa shape index (κ2) is 6.64. The lowest BCUT2D eigenvalue weighted by molar-refractivity contribution is -0.265. The molecule has 5 unspecified atom stereocenters. The zero-order valence-corrected chi connectivity index (χ0v) is 16.4. The second-order valence-electron chi connectivity index (χ2n) is 8.53. The average Bonchev–Trinajstić information content (AvgIpc) is 3.05. The number of esters is 2. The van der Waals surface area contributed by atoms with Gasteiger partial charge in [0.1, 0.15) is 12.2 Å². The van der Waals surface area contributed by atoms with E-state index in [1.54, 1.807) is 21.0 Å². The zero-order valence-electron chi connectivity index (χ0n) is 16.4. The average molecular weight is 366 g/mol. The van der Waals surface area contributed by atoms with Crippen LogP contribution in [0.1, 0.15) is 53.4 Å². The standard InChI is InChI=1S/C20H30O6/c1-11(2)17(21)25-15-10-19(5)7-8-20(23-6,26-19)12(3)9-14-16(15)13(4)18(22)24-14/h11-12,14-16H,4,7-10H2,1-3,5-6H3/t12?,14?,15?,16?,19?,20-/m0/s1. The number of hydrogen-bond donors (Lipinski definition) is 0. The van der Waals surface area contributed by atoms with Crippen LogP contribution < -0.4 is 0 Å². The molecule has 6 heteroatoms. The van der Waals surface area contributed by atoms with Crippen LogP contribution in [0.5, 0.6) is 0 Å². The quantitative estimate of drug-likeness (QED) is 0.565. The van der Waals surface area contributed by atoms with Crippen LogP contribution >= 0.6 is 0 Å². The number of rotatable bonds is 3. The number of methoxy groups -OCH3 is 1. The third-order valence-corrected chi connectivity index (χ3v) is 6.20. The van der Waals surface area contributed by atoms with Crippen LogP contribution in [0.25, 0.3) is 0 Å². The van der Waals surface area contributed by atoms with Crippen LogP contribution in [-0.2, 0) is 28.5 Å². The Kier molecular flexibility index (Phi) is 4.95. The summed E-state index contributed by atoms with van der Waals surface area (Å²) in [5.74, 6) is -1.95. The van der Waals surface area contributed by atoms with Gasteiger partial charge in [0.2, 0.25) is 0 Å². The first-order valence-electron chi connectivity index (χ1n) is 9.46. The lowest BCUT2D eigenvalue weighted by Gasteiger charge is -2.36.